The zero-order chi connectivity index (χ0) is 22.5. The molecule has 1 unspecified atom stereocenters. The third-order valence-corrected chi connectivity index (χ3v) is 5.59. The summed E-state index contributed by atoms with van der Waals surface area (Å²) in [7, 11) is 1.51. The smallest absolute Gasteiger partial charge is 0.257 e. The van der Waals surface area contributed by atoms with Gasteiger partial charge in [0.05, 0.1) is 18.7 Å². The van der Waals surface area contributed by atoms with Crippen LogP contribution < -0.4 is 4.74 Å². The Labute approximate surface area is 187 Å². The second-order valence-corrected chi connectivity index (χ2v) is 8.64. The molecule has 1 aliphatic heterocycles. The van der Waals surface area contributed by atoms with Crippen molar-refractivity contribution in [2.75, 3.05) is 26.7 Å². The van der Waals surface area contributed by atoms with Crippen molar-refractivity contribution in [3.8, 4) is 5.75 Å². The molecule has 1 aliphatic rings. The topological polar surface area (TPSA) is 88.8 Å². The fourth-order valence-electron chi connectivity index (χ4n) is 3.83. The van der Waals surface area contributed by atoms with Crippen molar-refractivity contribution in [2.24, 2.45) is 5.92 Å². The molecule has 0 saturated carbocycles. The predicted molar refractivity (Wildman–Crippen MR) is 116 cm³/mol. The molecule has 1 atom stereocenters. The molecule has 2 amide bonds. The van der Waals surface area contributed by atoms with Crippen LogP contribution in [0.4, 0.5) is 0 Å². The van der Waals surface area contributed by atoms with Crippen molar-refractivity contribution in [3.05, 3.63) is 40.5 Å². The molecule has 2 heterocycles. The van der Waals surface area contributed by atoms with Crippen LogP contribution in [0.1, 0.15) is 49.3 Å². The standard InChI is InChI=1S/C22H29ClN4O4/c1-14(2)11-21-24-20(25-31-21)8-10-27(15(3)28)17-7-9-26(13-17)22(29)18-6-5-16(23)12-19(18)30-4/h5-6,12,14,17H,7-11,13H2,1-4H3. The molecule has 1 saturated heterocycles. The summed E-state index contributed by atoms with van der Waals surface area (Å²) in [6.45, 7) is 7.25. The second-order valence-electron chi connectivity index (χ2n) is 8.20. The van der Waals surface area contributed by atoms with Crippen LogP contribution in [0.2, 0.25) is 5.02 Å². The van der Waals surface area contributed by atoms with Crippen molar-refractivity contribution < 1.29 is 18.8 Å². The number of ether oxygens (including phenoxy) is 1. The van der Waals surface area contributed by atoms with E-state index in [4.69, 9.17) is 20.9 Å². The fraction of sp³-hybridized carbons (Fsp3) is 0.545. The van der Waals surface area contributed by atoms with Gasteiger partial charge in [-0.3, -0.25) is 9.59 Å². The minimum atomic E-state index is -0.129. The summed E-state index contributed by atoms with van der Waals surface area (Å²) in [6.07, 6.45) is 1.96. The van der Waals surface area contributed by atoms with Crippen LogP contribution in [0.5, 0.6) is 5.75 Å². The zero-order valence-electron chi connectivity index (χ0n) is 18.4. The molecule has 0 bridgehead atoms. The van der Waals surface area contributed by atoms with E-state index in [9.17, 15) is 9.59 Å². The maximum Gasteiger partial charge on any atom is 0.257 e. The molecule has 0 radical (unpaired) electrons. The molecular weight excluding hydrogens is 420 g/mol. The van der Waals surface area contributed by atoms with Gasteiger partial charge in [0, 0.05) is 44.4 Å². The van der Waals surface area contributed by atoms with E-state index in [0.717, 1.165) is 6.42 Å². The van der Waals surface area contributed by atoms with E-state index in [-0.39, 0.29) is 17.9 Å². The summed E-state index contributed by atoms with van der Waals surface area (Å²) in [4.78, 5) is 33.3. The molecule has 0 aliphatic carbocycles. The van der Waals surface area contributed by atoms with Gasteiger partial charge in [0.25, 0.3) is 5.91 Å². The number of carbonyl (C=O) groups is 2. The third-order valence-electron chi connectivity index (χ3n) is 5.36. The normalized spacial score (nSPS) is 16.1. The number of halogens is 1. The van der Waals surface area contributed by atoms with Gasteiger partial charge in [-0.25, -0.2) is 0 Å². The molecule has 8 nitrogen and oxygen atoms in total. The van der Waals surface area contributed by atoms with Crippen LogP contribution >= 0.6 is 11.6 Å². The minimum absolute atomic E-state index is 0.0331. The van der Waals surface area contributed by atoms with Crippen molar-refractivity contribution in [2.45, 2.75) is 46.1 Å². The molecule has 3 rings (SSSR count). The number of likely N-dealkylation sites (tertiary alicyclic amines) is 1. The van der Waals surface area contributed by atoms with Gasteiger partial charge in [0.15, 0.2) is 5.82 Å². The zero-order valence-corrected chi connectivity index (χ0v) is 19.2. The second kappa shape index (κ2) is 10.1. The molecule has 168 valence electrons. The lowest BCUT2D eigenvalue weighted by molar-refractivity contribution is -0.130. The van der Waals surface area contributed by atoms with Gasteiger partial charge in [0.2, 0.25) is 11.8 Å². The third kappa shape index (κ3) is 5.76. The van der Waals surface area contributed by atoms with E-state index >= 15 is 0 Å². The number of nitrogens with zero attached hydrogens (tertiary/aromatic N) is 4. The van der Waals surface area contributed by atoms with Crippen LogP contribution in [0.25, 0.3) is 0 Å². The molecule has 1 aromatic heterocycles. The first-order valence-corrected chi connectivity index (χ1v) is 10.9. The average molecular weight is 449 g/mol. The largest absolute Gasteiger partial charge is 0.496 e. The van der Waals surface area contributed by atoms with Crippen LogP contribution in [-0.2, 0) is 17.6 Å². The van der Waals surface area contributed by atoms with Crippen LogP contribution in [-0.4, -0.2) is 64.5 Å². The molecule has 0 spiro atoms. The van der Waals surface area contributed by atoms with Gasteiger partial charge in [-0.05, 0) is 30.5 Å². The van der Waals surface area contributed by atoms with Crippen molar-refractivity contribution in [3.63, 3.8) is 0 Å². The van der Waals surface area contributed by atoms with Crippen LogP contribution in [0, 0.1) is 5.92 Å². The number of aromatic nitrogens is 2. The highest BCUT2D eigenvalue weighted by Crippen LogP contribution is 2.26. The van der Waals surface area contributed by atoms with E-state index in [0.29, 0.717) is 66.4 Å². The maximum absolute atomic E-state index is 13.0. The number of hydrogen-bond acceptors (Lipinski definition) is 6. The Balaban J connectivity index is 1.63. The Morgan fingerprint density at radius 3 is 2.84 bits per heavy atom. The Morgan fingerprint density at radius 2 is 2.16 bits per heavy atom. The number of carbonyl (C=O) groups excluding carboxylic acids is 2. The van der Waals surface area contributed by atoms with Crippen LogP contribution in [0.15, 0.2) is 22.7 Å². The Hall–Kier alpha value is -2.61. The summed E-state index contributed by atoms with van der Waals surface area (Å²) < 4.78 is 10.6. The highest BCUT2D eigenvalue weighted by atomic mass is 35.5. The van der Waals surface area contributed by atoms with Gasteiger partial charge in [-0.1, -0.05) is 30.6 Å². The lowest BCUT2D eigenvalue weighted by atomic mass is 10.1. The Bertz CT molecular complexity index is 930. The number of amides is 2. The van der Waals surface area contributed by atoms with E-state index in [1.807, 2.05) is 0 Å². The first-order chi connectivity index (χ1) is 14.8. The van der Waals surface area contributed by atoms with E-state index in [2.05, 4.69) is 24.0 Å². The van der Waals surface area contributed by atoms with Crippen molar-refractivity contribution in [1.82, 2.24) is 19.9 Å². The summed E-state index contributed by atoms with van der Waals surface area (Å²) in [6, 6.07) is 4.92. The number of methoxy groups -OCH3 is 1. The molecule has 1 fully saturated rings. The predicted octanol–water partition coefficient (Wildman–Crippen LogP) is 3.24. The van der Waals surface area contributed by atoms with Crippen LogP contribution in [0.3, 0.4) is 0 Å². The summed E-state index contributed by atoms with van der Waals surface area (Å²) in [5.74, 6) is 1.93. The molecule has 31 heavy (non-hydrogen) atoms. The summed E-state index contributed by atoms with van der Waals surface area (Å²) in [5, 5.41) is 4.53. The van der Waals surface area contributed by atoms with Crippen molar-refractivity contribution >= 4 is 23.4 Å². The molecule has 1 aromatic carbocycles. The monoisotopic (exact) mass is 448 g/mol. The lowest BCUT2D eigenvalue weighted by Gasteiger charge is -2.27. The van der Waals surface area contributed by atoms with Gasteiger partial charge in [-0.15, -0.1) is 0 Å². The van der Waals surface area contributed by atoms with E-state index < -0.39 is 0 Å². The average Bonchev–Trinajstić information content (AvgIpc) is 3.37. The first kappa shape index (κ1) is 23.1. The summed E-state index contributed by atoms with van der Waals surface area (Å²) in [5.41, 5.74) is 0.464. The molecule has 0 N–H and O–H groups in total. The van der Waals surface area contributed by atoms with Gasteiger partial charge in [-0.2, -0.15) is 4.98 Å². The fourth-order valence-corrected chi connectivity index (χ4v) is 4.00. The molecule has 9 heteroatoms. The first-order valence-electron chi connectivity index (χ1n) is 10.5. The van der Waals surface area contributed by atoms with E-state index in [1.54, 1.807) is 34.9 Å². The Morgan fingerprint density at radius 1 is 1.39 bits per heavy atom. The van der Waals surface area contributed by atoms with Gasteiger partial charge < -0.3 is 19.1 Å². The lowest BCUT2D eigenvalue weighted by Crippen LogP contribution is -2.42. The highest BCUT2D eigenvalue weighted by Gasteiger charge is 2.33. The number of benzene rings is 1. The Kier molecular flexibility index (Phi) is 7.54. The molecular formula is C22H29ClN4O4. The SMILES string of the molecule is COc1cc(Cl)ccc1C(=O)N1CCC(N(CCc2noc(CC(C)C)n2)C(C)=O)C1. The quantitative estimate of drug-likeness (QED) is 0.616. The molecule has 2 aromatic rings. The van der Waals surface area contributed by atoms with Crippen molar-refractivity contribution in [1.29, 1.82) is 0 Å². The minimum Gasteiger partial charge on any atom is -0.496 e. The number of rotatable bonds is 8. The maximum atomic E-state index is 13.0. The van der Waals surface area contributed by atoms with Gasteiger partial charge in [0.1, 0.15) is 5.75 Å². The number of hydrogen-bond donors (Lipinski definition) is 0. The highest BCUT2D eigenvalue weighted by molar-refractivity contribution is 6.30. The van der Waals surface area contributed by atoms with E-state index in [1.165, 1.54) is 7.11 Å². The van der Waals surface area contributed by atoms with Gasteiger partial charge >= 0.3 is 0 Å². The summed E-state index contributed by atoms with van der Waals surface area (Å²) >= 11 is 6.00.